The maximum Gasteiger partial charge on any atom is 0.339 e. The molecule has 0 atom stereocenters. The fourth-order valence-corrected chi connectivity index (χ4v) is 2.87. The van der Waals surface area contributed by atoms with E-state index in [1.54, 1.807) is 31.3 Å². The smallest absolute Gasteiger partial charge is 0.339 e. The maximum absolute atomic E-state index is 12.4. The van der Waals surface area contributed by atoms with E-state index in [0.717, 1.165) is 4.90 Å². The van der Waals surface area contributed by atoms with Crippen molar-refractivity contribution in [3.63, 3.8) is 0 Å². The molecule has 0 aliphatic carbocycles. The monoisotopic (exact) mass is 329 g/mol. The van der Waals surface area contributed by atoms with E-state index in [9.17, 15) is 9.59 Å². The number of carbonyl (C=O) groups is 2. The minimum Gasteiger partial charge on any atom is -0.465 e. The first-order valence-corrected chi connectivity index (χ1v) is 8.15. The Bertz CT molecular complexity index is 698. The zero-order chi connectivity index (χ0) is 16.8. The lowest BCUT2D eigenvalue weighted by Gasteiger charge is -2.19. The van der Waals surface area contributed by atoms with Crippen LogP contribution in [0.1, 0.15) is 15.9 Å². The van der Waals surface area contributed by atoms with Gasteiger partial charge in [-0.15, -0.1) is 11.8 Å². The Morgan fingerprint density at radius 1 is 1.09 bits per heavy atom. The summed E-state index contributed by atoms with van der Waals surface area (Å²) in [6.07, 6.45) is 0. The third kappa shape index (κ3) is 4.36. The van der Waals surface area contributed by atoms with Crippen LogP contribution in [0.2, 0.25) is 0 Å². The topological polar surface area (TPSA) is 46.6 Å². The summed E-state index contributed by atoms with van der Waals surface area (Å²) in [6.45, 7) is 2.02. The molecule has 4 nitrogen and oxygen atoms in total. The summed E-state index contributed by atoms with van der Waals surface area (Å²) in [4.78, 5) is 26.7. The molecule has 23 heavy (non-hydrogen) atoms. The summed E-state index contributed by atoms with van der Waals surface area (Å²) in [7, 11) is 2.99. The molecule has 2 aromatic rings. The molecule has 2 rings (SSSR count). The van der Waals surface area contributed by atoms with E-state index in [4.69, 9.17) is 4.74 Å². The van der Waals surface area contributed by atoms with E-state index in [2.05, 4.69) is 0 Å². The van der Waals surface area contributed by atoms with E-state index in [-0.39, 0.29) is 5.91 Å². The van der Waals surface area contributed by atoms with Crippen LogP contribution in [0.4, 0.5) is 5.69 Å². The molecule has 0 heterocycles. The van der Waals surface area contributed by atoms with E-state index in [1.165, 1.54) is 29.3 Å². The van der Waals surface area contributed by atoms with Crippen molar-refractivity contribution in [2.24, 2.45) is 0 Å². The van der Waals surface area contributed by atoms with Gasteiger partial charge in [0, 0.05) is 11.9 Å². The van der Waals surface area contributed by atoms with Crippen molar-refractivity contribution in [2.75, 3.05) is 24.8 Å². The molecule has 0 unspecified atom stereocenters. The number of rotatable bonds is 5. The number of thioether (sulfide) groups is 1. The van der Waals surface area contributed by atoms with Gasteiger partial charge in [0.15, 0.2) is 0 Å². The minimum atomic E-state index is -0.452. The molecule has 120 valence electrons. The quantitative estimate of drug-likeness (QED) is 0.622. The fraction of sp³-hybridized carbons (Fsp3) is 0.222. The molecule has 0 radical (unpaired) electrons. The molecule has 0 saturated carbocycles. The molecular weight excluding hydrogens is 310 g/mol. The van der Waals surface area contributed by atoms with Gasteiger partial charge >= 0.3 is 5.97 Å². The van der Waals surface area contributed by atoms with Crippen LogP contribution in [0.15, 0.2) is 53.4 Å². The summed E-state index contributed by atoms with van der Waals surface area (Å²) in [5.74, 6) is -0.229. The number of methoxy groups -OCH3 is 1. The largest absolute Gasteiger partial charge is 0.465 e. The lowest BCUT2D eigenvalue weighted by molar-refractivity contribution is -0.115. The van der Waals surface area contributed by atoms with Crippen LogP contribution in [0.3, 0.4) is 0 Å². The Balaban J connectivity index is 2.08. The molecular formula is C18H19NO3S. The highest BCUT2D eigenvalue weighted by atomic mass is 32.2. The summed E-state index contributed by atoms with van der Waals surface area (Å²) in [5.41, 5.74) is 2.12. The molecule has 0 fully saturated rings. The Kier molecular flexibility index (Phi) is 5.82. The van der Waals surface area contributed by atoms with E-state index < -0.39 is 5.97 Å². The van der Waals surface area contributed by atoms with Gasteiger partial charge in [-0.1, -0.05) is 29.8 Å². The highest BCUT2D eigenvalue weighted by Gasteiger charge is 2.18. The summed E-state index contributed by atoms with van der Waals surface area (Å²) in [6, 6.07) is 14.9. The average molecular weight is 329 g/mol. The molecule has 0 aliphatic rings. The van der Waals surface area contributed by atoms with Crippen molar-refractivity contribution in [1.82, 2.24) is 0 Å². The second kappa shape index (κ2) is 7.83. The first kappa shape index (κ1) is 17.1. The van der Waals surface area contributed by atoms with E-state index >= 15 is 0 Å². The summed E-state index contributed by atoms with van der Waals surface area (Å²) in [5, 5.41) is 0. The molecule has 0 saturated heterocycles. The molecule has 2 aromatic carbocycles. The second-order valence-electron chi connectivity index (χ2n) is 5.06. The SMILES string of the molecule is COC(=O)c1ccccc1N(C)C(=O)CSc1ccc(C)cc1. The molecule has 1 amide bonds. The van der Waals surface area contributed by atoms with Gasteiger partial charge in [-0.2, -0.15) is 0 Å². The number of hydrogen-bond acceptors (Lipinski definition) is 4. The highest BCUT2D eigenvalue weighted by Crippen LogP contribution is 2.23. The van der Waals surface area contributed by atoms with Gasteiger partial charge in [0.25, 0.3) is 0 Å². The minimum absolute atomic E-state index is 0.0769. The second-order valence-corrected chi connectivity index (χ2v) is 6.11. The van der Waals surface area contributed by atoms with Gasteiger partial charge < -0.3 is 9.64 Å². The number of nitrogens with zero attached hydrogens (tertiary/aromatic N) is 1. The van der Waals surface area contributed by atoms with Crippen LogP contribution in [0.5, 0.6) is 0 Å². The Hall–Kier alpha value is -2.27. The maximum atomic E-state index is 12.4. The zero-order valence-electron chi connectivity index (χ0n) is 13.4. The Labute approximate surface area is 140 Å². The van der Waals surface area contributed by atoms with Crippen LogP contribution < -0.4 is 4.90 Å². The number of aryl methyl sites for hydroxylation is 1. The van der Waals surface area contributed by atoms with Gasteiger partial charge in [-0.3, -0.25) is 4.79 Å². The number of anilines is 1. The van der Waals surface area contributed by atoms with Crippen LogP contribution in [0, 0.1) is 6.92 Å². The van der Waals surface area contributed by atoms with Gasteiger partial charge in [0.05, 0.1) is 24.1 Å². The summed E-state index contributed by atoms with van der Waals surface area (Å²) < 4.78 is 4.77. The molecule has 0 bridgehead atoms. The van der Waals surface area contributed by atoms with Crippen LogP contribution in [0.25, 0.3) is 0 Å². The van der Waals surface area contributed by atoms with Crippen molar-refractivity contribution >= 4 is 29.3 Å². The molecule has 0 aromatic heterocycles. The van der Waals surface area contributed by atoms with Crippen molar-refractivity contribution in [3.05, 3.63) is 59.7 Å². The van der Waals surface area contributed by atoms with Gasteiger partial charge in [0.2, 0.25) is 5.91 Å². The number of para-hydroxylation sites is 1. The first-order valence-electron chi connectivity index (χ1n) is 7.16. The van der Waals surface area contributed by atoms with Crippen LogP contribution >= 0.6 is 11.8 Å². The lowest BCUT2D eigenvalue weighted by Crippen LogP contribution is -2.29. The number of hydrogen-bond donors (Lipinski definition) is 0. The summed E-state index contributed by atoms with van der Waals surface area (Å²) >= 11 is 1.47. The predicted octanol–water partition coefficient (Wildman–Crippen LogP) is 3.54. The fourth-order valence-electron chi connectivity index (χ4n) is 2.06. The number of benzene rings is 2. The van der Waals surface area contributed by atoms with Crippen molar-refractivity contribution in [1.29, 1.82) is 0 Å². The Morgan fingerprint density at radius 3 is 2.39 bits per heavy atom. The molecule has 0 aliphatic heterocycles. The van der Waals surface area contributed by atoms with Crippen molar-refractivity contribution in [2.45, 2.75) is 11.8 Å². The third-order valence-corrected chi connectivity index (χ3v) is 4.42. The molecule has 0 spiro atoms. The van der Waals surface area contributed by atoms with Gasteiger partial charge in [0.1, 0.15) is 0 Å². The van der Waals surface area contributed by atoms with E-state index in [1.807, 2.05) is 31.2 Å². The normalized spacial score (nSPS) is 10.2. The lowest BCUT2D eigenvalue weighted by atomic mass is 10.1. The highest BCUT2D eigenvalue weighted by molar-refractivity contribution is 8.00. The molecule has 5 heteroatoms. The molecule has 0 N–H and O–H groups in total. The van der Waals surface area contributed by atoms with Gasteiger partial charge in [-0.25, -0.2) is 4.79 Å². The zero-order valence-corrected chi connectivity index (χ0v) is 14.2. The number of esters is 1. The van der Waals surface area contributed by atoms with Crippen molar-refractivity contribution in [3.8, 4) is 0 Å². The van der Waals surface area contributed by atoms with Crippen LogP contribution in [-0.4, -0.2) is 31.8 Å². The number of carbonyl (C=O) groups excluding carboxylic acids is 2. The van der Waals surface area contributed by atoms with Crippen molar-refractivity contribution < 1.29 is 14.3 Å². The average Bonchev–Trinajstić information content (AvgIpc) is 2.59. The number of amides is 1. The van der Waals surface area contributed by atoms with Gasteiger partial charge in [-0.05, 0) is 31.2 Å². The van der Waals surface area contributed by atoms with Crippen LogP contribution in [-0.2, 0) is 9.53 Å². The number of ether oxygens (including phenoxy) is 1. The predicted molar refractivity (Wildman–Crippen MR) is 93.1 cm³/mol. The van der Waals surface area contributed by atoms with E-state index in [0.29, 0.717) is 17.0 Å². The first-order chi connectivity index (χ1) is 11.0. The third-order valence-electron chi connectivity index (χ3n) is 3.43. The standard InChI is InChI=1S/C18H19NO3S/c1-13-8-10-14(11-9-13)23-12-17(20)19(2)16-7-5-4-6-15(16)18(21)22-3/h4-11H,12H2,1-3H3. The Morgan fingerprint density at radius 2 is 1.74 bits per heavy atom.